The number of hydrogen-bond donors (Lipinski definition) is 1. The van der Waals surface area contributed by atoms with Gasteiger partial charge in [-0.1, -0.05) is 0 Å². The first-order valence-corrected chi connectivity index (χ1v) is 7.89. The zero-order chi connectivity index (χ0) is 17.9. The van der Waals surface area contributed by atoms with E-state index in [0.717, 1.165) is 6.20 Å². The molecule has 132 valence electrons. The smallest absolute Gasteiger partial charge is 0.175 e. The molecule has 1 aromatic carbocycles. The summed E-state index contributed by atoms with van der Waals surface area (Å²) >= 11 is 0. The second-order valence-electron chi connectivity index (χ2n) is 6.81. The Labute approximate surface area is 143 Å². The summed E-state index contributed by atoms with van der Waals surface area (Å²) in [6.45, 7) is 5.07. The number of aromatic nitrogens is 2. The third-order valence-corrected chi connectivity index (χ3v) is 4.78. The standard InChI is InChI=1S/C16H17N4O5/c1-8-12(21)4-5-19(23)20(8)14-9-6-10-11(18-25-17-10)7-13(9)24-16(2,3)15(14)22/h4-8,14-15,22H,1-3H3/q-1. The number of hydrazine groups is 1. The predicted octanol–water partition coefficient (Wildman–Crippen LogP) is 1.30. The SMILES string of the molecule is CC1C(=O)C=CN([O-])N1C1c2cc3nonc3cc2OC(C)(C)C1O. The van der Waals surface area contributed by atoms with Gasteiger partial charge in [-0.25, -0.2) is 9.64 Å². The lowest BCUT2D eigenvalue weighted by Crippen LogP contribution is -2.59. The van der Waals surface area contributed by atoms with Gasteiger partial charge in [-0.2, -0.15) is 0 Å². The van der Waals surface area contributed by atoms with Gasteiger partial charge in [-0.15, -0.1) is 0 Å². The number of fused-ring (bicyclic) bond motifs is 2. The van der Waals surface area contributed by atoms with Crippen LogP contribution in [-0.2, 0) is 4.79 Å². The second-order valence-corrected chi connectivity index (χ2v) is 6.81. The predicted molar refractivity (Wildman–Crippen MR) is 85.9 cm³/mol. The summed E-state index contributed by atoms with van der Waals surface area (Å²) in [6.07, 6.45) is 1.32. The fraction of sp³-hybridized carbons (Fsp3) is 0.438. The number of carbonyl (C=O) groups excluding carboxylic acids is 1. The third-order valence-electron chi connectivity index (χ3n) is 4.78. The molecule has 0 fully saturated rings. The van der Waals surface area contributed by atoms with Gasteiger partial charge in [0.05, 0.1) is 12.1 Å². The van der Waals surface area contributed by atoms with E-state index < -0.39 is 23.8 Å². The maximum Gasteiger partial charge on any atom is 0.175 e. The van der Waals surface area contributed by atoms with Crippen LogP contribution in [-0.4, -0.2) is 49.1 Å². The third kappa shape index (κ3) is 2.31. The number of rotatable bonds is 1. The molecule has 2 aromatic rings. The Morgan fingerprint density at radius 2 is 1.96 bits per heavy atom. The van der Waals surface area contributed by atoms with Crippen LogP contribution < -0.4 is 4.74 Å². The highest BCUT2D eigenvalue weighted by atomic mass is 16.6. The summed E-state index contributed by atoms with van der Waals surface area (Å²) in [5.41, 5.74) is 0.549. The van der Waals surface area contributed by atoms with E-state index in [1.165, 1.54) is 11.1 Å². The van der Waals surface area contributed by atoms with E-state index in [0.29, 0.717) is 27.5 Å². The Hall–Kier alpha value is -2.49. The van der Waals surface area contributed by atoms with Gasteiger partial charge in [0, 0.05) is 17.8 Å². The van der Waals surface area contributed by atoms with E-state index in [4.69, 9.17) is 9.37 Å². The molecule has 0 aliphatic carbocycles. The minimum absolute atomic E-state index is 0.214. The van der Waals surface area contributed by atoms with Crippen molar-refractivity contribution in [3.63, 3.8) is 0 Å². The summed E-state index contributed by atoms with van der Waals surface area (Å²) in [5.74, 6) is 0.250. The molecular weight excluding hydrogens is 328 g/mol. The Balaban J connectivity index is 1.91. The molecule has 3 atom stereocenters. The molecule has 25 heavy (non-hydrogen) atoms. The maximum absolute atomic E-state index is 12.4. The van der Waals surface area contributed by atoms with E-state index in [1.807, 2.05) is 0 Å². The minimum Gasteiger partial charge on any atom is -0.743 e. The molecule has 1 aromatic heterocycles. The minimum atomic E-state index is -1.06. The van der Waals surface area contributed by atoms with Crippen LogP contribution in [0, 0.1) is 5.21 Å². The molecule has 0 amide bonds. The topological polar surface area (TPSA) is 115 Å². The summed E-state index contributed by atoms with van der Waals surface area (Å²) in [4.78, 5) is 12.1. The molecule has 9 nitrogen and oxygen atoms in total. The number of hydroxylamine groups is 1. The van der Waals surface area contributed by atoms with E-state index >= 15 is 0 Å². The maximum atomic E-state index is 12.4. The van der Waals surface area contributed by atoms with Crippen molar-refractivity contribution >= 4 is 16.8 Å². The lowest BCUT2D eigenvalue weighted by molar-refractivity contribution is -0.154. The zero-order valence-electron chi connectivity index (χ0n) is 13.9. The number of aliphatic hydroxyl groups excluding tert-OH is 1. The highest BCUT2D eigenvalue weighted by Crippen LogP contribution is 2.45. The van der Waals surface area contributed by atoms with Crippen LogP contribution in [0.5, 0.6) is 5.75 Å². The molecule has 4 rings (SSSR count). The summed E-state index contributed by atoms with van der Waals surface area (Å²) in [7, 11) is 0. The number of carbonyl (C=O) groups is 1. The number of benzene rings is 1. The van der Waals surface area contributed by atoms with Crippen molar-refractivity contribution in [1.82, 2.24) is 20.5 Å². The number of nitrogens with zero attached hydrogens (tertiary/aromatic N) is 4. The Kier molecular flexibility index (Phi) is 3.36. The molecule has 0 saturated carbocycles. The van der Waals surface area contributed by atoms with E-state index in [2.05, 4.69) is 10.3 Å². The van der Waals surface area contributed by atoms with Gasteiger partial charge in [0.25, 0.3) is 0 Å². The fourth-order valence-corrected chi connectivity index (χ4v) is 3.35. The van der Waals surface area contributed by atoms with Crippen LogP contribution in [0.4, 0.5) is 0 Å². The quantitative estimate of drug-likeness (QED) is 0.816. The molecule has 9 heteroatoms. The number of ether oxygens (including phenoxy) is 1. The largest absolute Gasteiger partial charge is 0.743 e. The fourth-order valence-electron chi connectivity index (χ4n) is 3.35. The summed E-state index contributed by atoms with van der Waals surface area (Å²) in [5, 5.41) is 32.8. The molecule has 0 saturated heterocycles. The number of hydrogen-bond acceptors (Lipinski definition) is 9. The molecule has 0 radical (unpaired) electrons. The van der Waals surface area contributed by atoms with Gasteiger partial charge in [0.15, 0.2) is 5.78 Å². The highest BCUT2D eigenvalue weighted by Gasteiger charge is 2.48. The van der Waals surface area contributed by atoms with Gasteiger partial charge in [-0.3, -0.25) is 4.79 Å². The molecule has 2 aliphatic heterocycles. The van der Waals surface area contributed by atoms with E-state index in [1.54, 1.807) is 32.9 Å². The van der Waals surface area contributed by atoms with Crippen LogP contribution in [0.25, 0.3) is 11.0 Å². The van der Waals surface area contributed by atoms with Gasteiger partial charge in [0.1, 0.15) is 28.5 Å². The van der Waals surface area contributed by atoms with Crippen LogP contribution in [0.3, 0.4) is 0 Å². The van der Waals surface area contributed by atoms with Crippen molar-refractivity contribution in [2.75, 3.05) is 0 Å². The van der Waals surface area contributed by atoms with E-state index in [9.17, 15) is 15.1 Å². The number of ketones is 1. The van der Waals surface area contributed by atoms with Crippen molar-refractivity contribution in [3.05, 3.63) is 35.2 Å². The molecule has 0 bridgehead atoms. The molecule has 0 spiro atoms. The van der Waals surface area contributed by atoms with Crippen molar-refractivity contribution in [2.45, 2.75) is 44.6 Å². The zero-order valence-corrected chi connectivity index (χ0v) is 13.9. The van der Waals surface area contributed by atoms with Crippen molar-refractivity contribution < 1.29 is 19.3 Å². The van der Waals surface area contributed by atoms with Crippen molar-refractivity contribution in [2.24, 2.45) is 0 Å². The Morgan fingerprint density at radius 1 is 1.28 bits per heavy atom. The average Bonchev–Trinajstić information content (AvgIpc) is 3.00. The van der Waals surface area contributed by atoms with Crippen molar-refractivity contribution in [3.8, 4) is 5.75 Å². The first kappa shape index (κ1) is 16.0. The molecular formula is C16H17N4O5-. The second kappa shape index (κ2) is 5.25. The molecule has 1 N–H and O–H groups in total. The molecule has 3 heterocycles. The van der Waals surface area contributed by atoms with Crippen molar-refractivity contribution in [1.29, 1.82) is 0 Å². The van der Waals surface area contributed by atoms with Crippen LogP contribution >= 0.6 is 0 Å². The summed E-state index contributed by atoms with van der Waals surface area (Å²) in [6, 6.07) is 1.80. The van der Waals surface area contributed by atoms with Gasteiger partial charge in [-0.05, 0) is 43.2 Å². The van der Waals surface area contributed by atoms with Crippen LogP contribution in [0.15, 0.2) is 29.0 Å². The lowest BCUT2D eigenvalue weighted by Gasteiger charge is -2.53. The normalized spacial score (nSPS) is 28.9. The highest BCUT2D eigenvalue weighted by molar-refractivity contribution is 5.94. The van der Waals surface area contributed by atoms with Gasteiger partial charge in [0.2, 0.25) is 0 Å². The Bertz CT molecular complexity index is 877. The Morgan fingerprint density at radius 3 is 2.68 bits per heavy atom. The van der Waals surface area contributed by atoms with E-state index in [-0.39, 0.29) is 5.78 Å². The summed E-state index contributed by atoms with van der Waals surface area (Å²) < 4.78 is 10.7. The average molecular weight is 345 g/mol. The first-order valence-electron chi connectivity index (χ1n) is 7.89. The molecule has 3 unspecified atom stereocenters. The van der Waals surface area contributed by atoms with Gasteiger partial charge >= 0.3 is 0 Å². The molecule has 2 aliphatic rings. The monoisotopic (exact) mass is 345 g/mol. The van der Waals surface area contributed by atoms with Crippen LogP contribution in [0.1, 0.15) is 32.4 Å². The number of aliphatic hydroxyl groups is 1. The van der Waals surface area contributed by atoms with Gasteiger partial charge < -0.3 is 20.2 Å². The first-order chi connectivity index (χ1) is 11.8. The lowest BCUT2D eigenvalue weighted by atomic mass is 9.85. The van der Waals surface area contributed by atoms with Crippen LogP contribution in [0.2, 0.25) is 0 Å².